The Bertz CT molecular complexity index is 770. The molecule has 1 aromatic carbocycles. The molecule has 0 spiro atoms. The second kappa shape index (κ2) is 6.48. The molecule has 4 rings (SSSR count). The second-order valence-electron chi connectivity index (χ2n) is 6.19. The maximum absolute atomic E-state index is 6.04. The van der Waals surface area contributed by atoms with Crippen LogP contribution in [0.3, 0.4) is 0 Å². The van der Waals surface area contributed by atoms with Crippen LogP contribution in [0.15, 0.2) is 45.5 Å². The van der Waals surface area contributed by atoms with Crippen LogP contribution < -0.4 is 0 Å². The number of thiophene rings is 1. The Morgan fingerprint density at radius 1 is 1.00 bits per heavy atom. The van der Waals surface area contributed by atoms with E-state index in [0.29, 0.717) is 0 Å². The summed E-state index contributed by atoms with van der Waals surface area (Å²) in [5.74, 6) is 1.08. The van der Waals surface area contributed by atoms with Crippen LogP contribution in [0.2, 0.25) is 0 Å². The lowest BCUT2D eigenvalue weighted by Gasteiger charge is -2.33. The largest absolute Gasteiger partial charge is 0.460 e. The van der Waals surface area contributed by atoms with Gasteiger partial charge in [-0.25, -0.2) is 0 Å². The number of piperazine rings is 1. The molecule has 0 unspecified atom stereocenters. The highest BCUT2D eigenvalue weighted by atomic mass is 32.1. The van der Waals surface area contributed by atoms with Gasteiger partial charge in [0.15, 0.2) is 0 Å². The molecule has 0 aliphatic carbocycles. The Balaban J connectivity index is 1.51. The summed E-state index contributed by atoms with van der Waals surface area (Å²) in [5.41, 5.74) is 3.55. The normalized spacial score (nSPS) is 17.1. The topological polar surface area (TPSA) is 19.6 Å². The minimum atomic E-state index is 0.917. The predicted molar refractivity (Wildman–Crippen MR) is 96.9 cm³/mol. The summed E-state index contributed by atoms with van der Waals surface area (Å²) in [6, 6.07) is 10.9. The second-order valence-corrected chi connectivity index (χ2v) is 6.97. The molecule has 2 aromatic heterocycles. The van der Waals surface area contributed by atoms with E-state index >= 15 is 0 Å². The van der Waals surface area contributed by atoms with Crippen LogP contribution in [-0.4, -0.2) is 42.5 Å². The molecule has 0 atom stereocenters. The maximum atomic E-state index is 6.04. The fraction of sp³-hybridized carbons (Fsp3) is 0.368. The van der Waals surface area contributed by atoms with Gasteiger partial charge < -0.3 is 9.32 Å². The molecule has 3 nitrogen and oxygen atoms in total. The molecule has 0 N–H and O–H groups in total. The van der Waals surface area contributed by atoms with Crippen molar-refractivity contribution in [3.63, 3.8) is 0 Å². The van der Waals surface area contributed by atoms with Crippen LogP contribution in [0.25, 0.3) is 22.1 Å². The molecule has 1 fully saturated rings. The van der Waals surface area contributed by atoms with Crippen molar-refractivity contribution < 1.29 is 4.42 Å². The number of rotatable bonds is 4. The van der Waals surface area contributed by atoms with Crippen molar-refractivity contribution in [1.29, 1.82) is 0 Å². The fourth-order valence-corrected chi connectivity index (χ4v) is 3.93. The van der Waals surface area contributed by atoms with Crippen molar-refractivity contribution >= 4 is 22.3 Å². The zero-order valence-electron chi connectivity index (χ0n) is 13.5. The van der Waals surface area contributed by atoms with Crippen LogP contribution >= 0.6 is 11.3 Å². The highest BCUT2D eigenvalue weighted by Gasteiger charge is 2.17. The molecule has 3 aromatic rings. The molecule has 0 amide bonds. The molecular weight excluding hydrogens is 304 g/mol. The van der Waals surface area contributed by atoms with Gasteiger partial charge in [0.1, 0.15) is 11.3 Å². The molecule has 23 heavy (non-hydrogen) atoms. The first-order valence-corrected chi connectivity index (χ1v) is 9.26. The van der Waals surface area contributed by atoms with E-state index in [9.17, 15) is 0 Å². The lowest BCUT2D eigenvalue weighted by molar-refractivity contribution is 0.126. The highest BCUT2D eigenvalue weighted by molar-refractivity contribution is 7.08. The van der Waals surface area contributed by atoms with Crippen LogP contribution in [0.4, 0.5) is 0 Å². The number of benzene rings is 1. The number of hydrogen-bond acceptors (Lipinski definition) is 4. The van der Waals surface area contributed by atoms with Gasteiger partial charge >= 0.3 is 0 Å². The van der Waals surface area contributed by atoms with Crippen molar-refractivity contribution in [3.05, 3.63) is 46.9 Å². The Morgan fingerprint density at radius 3 is 2.57 bits per heavy atom. The summed E-state index contributed by atoms with van der Waals surface area (Å²) < 4.78 is 6.04. The summed E-state index contributed by atoms with van der Waals surface area (Å²) >= 11 is 1.74. The molecule has 3 heterocycles. The molecular formula is C19H22N2OS. The minimum absolute atomic E-state index is 0.917. The number of nitrogens with zero attached hydrogens (tertiary/aromatic N) is 2. The monoisotopic (exact) mass is 326 g/mol. The van der Waals surface area contributed by atoms with Crippen molar-refractivity contribution in [2.45, 2.75) is 13.5 Å². The van der Waals surface area contributed by atoms with E-state index in [0.717, 1.165) is 37.5 Å². The number of likely N-dealkylation sites (N-methyl/N-ethyl adjacent to an activating group) is 1. The summed E-state index contributed by atoms with van der Waals surface area (Å²) in [6.45, 7) is 8.90. The smallest absolute Gasteiger partial charge is 0.134 e. The van der Waals surface area contributed by atoms with Gasteiger partial charge in [-0.2, -0.15) is 11.3 Å². The quantitative estimate of drug-likeness (QED) is 0.713. The molecule has 0 saturated carbocycles. The third-order valence-corrected chi connectivity index (χ3v) is 5.40. The highest BCUT2D eigenvalue weighted by Crippen LogP contribution is 2.28. The molecule has 4 heteroatoms. The van der Waals surface area contributed by atoms with Crippen LogP contribution in [-0.2, 0) is 6.54 Å². The maximum Gasteiger partial charge on any atom is 0.134 e. The summed E-state index contributed by atoms with van der Waals surface area (Å²) in [4.78, 5) is 4.99. The summed E-state index contributed by atoms with van der Waals surface area (Å²) in [5, 5.41) is 5.52. The Hall–Kier alpha value is -1.62. The number of fused-ring (bicyclic) bond motifs is 1. The minimum Gasteiger partial charge on any atom is -0.460 e. The van der Waals surface area contributed by atoms with E-state index in [1.54, 1.807) is 11.3 Å². The van der Waals surface area contributed by atoms with Crippen molar-refractivity contribution in [3.8, 4) is 11.1 Å². The van der Waals surface area contributed by atoms with Gasteiger partial charge in [-0.3, -0.25) is 4.90 Å². The molecule has 1 aliphatic heterocycles. The average Bonchev–Trinajstić information content (AvgIpc) is 3.24. The Labute approximate surface area is 141 Å². The standard InChI is InChI=1S/C19H22N2OS/c1-2-20-6-8-21(9-7-20)13-18-12-17-11-15(3-4-19(17)22-18)16-5-10-23-14-16/h3-5,10-12,14H,2,6-9,13H2,1H3. The zero-order valence-corrected chi connectivity index (χ0v) is 14.3. The molecule has 1 aliphatic rings. The number of hydrogen-bond donors (Lipinski definition) is 0. The molecule has 1 saturated heterocycles. The fourth-order valence-electron chi connectivity index (χ4n) is 3.27. The first-order valence-electron chi connectivity index (χ1n) is 8.31. The SMILES string of the molecule is CCN1CCN(Cc2cc3cc(-c4ccsc4)ccc3o2)CC1. The molecule has 0 radical (unpaired) electrons. The van der Waals surface area contributed by atoms with Gasteiger partial charge in [0.05, 0.1) is 6.54 Å². The zero-order chi connectivity index (χ0) is 15.6. The van der Waals surface area contributed by atoms with Gasteiger partial charge in [0, 0.05) is 31.6 Å². The van der Waals surface area contributed by atoms with Gasteiger partial charge in [-0.05, 0) is 52.7 Å². The Morgan fingerprint density at radius 2 is 1.83 bits per heavy atom. The van der Waals surface area contributed by atoms with Gasteiger partial charge in [0.2, 0.25) is 0 Å². The van der Waals surface area contributed by atoms with Gasteiger partial charge in [0.25, 0.3) is 0 Å². The van der Waals surface area contributed by atoms with Crippen molar-refractivity contribution in [2.75, 3.05) is 32.7 Å². The van der Waals surface area contributed by atoms with E-state index in [4.69, 9.17) is 4.42 Å². The van der Waals surface area contributed by atoms with E-state index < -0.39 is 0 Å². The summed E-state index contributed by atoms with van der Waals surface area (Å²) in [7, 11) is 0. The lowest BCUT2D eigenvalue weighted by atomic mass is 10.1. The van der Waals surface area contributed by atoms with Crippen LogP contribution in [0.1, 0.15) is 12.7 Å². The first-order chi connectivity index (χ1) is 11.3. The van der Waals surface area contributed by atoms with Crippen molar-refractivity contribution in [1.82, 2.24) is 9.80 Å². The van der Waals surface area contributed by atoms with E-state index in [-0.39, 0.29) is 0 Å². The molecule has 120 valence electrons. The third-order valence-electron chi connectivity index (χ3n) is 4.71. The lowest BCUT2D eigenvalue weighted by Crippen LogP contribution is -2.45. The first kappa shape index (κ1) is 14.9. The van der Waals surface area contributed by atoms with Gasteiger partial charge in [-0.1, -0.05) is 13.0 Å². The number of furan rings is 1. The molecule has 0 bridgehead atoms. The van der Waals surface area contributed by atoms with E-state index in [1.807, 2.05) is 0 Å². The van der Waals surface area contributed by atoms with Crippen LogP contribution in [0, 0.1) is 0 Å². The van der Waals surface area contributed by atoms with E-state index in [1.165, 1.54) is 29.6 Å². The van der Waals surface area contributed by atoms with Crippen LogP contribution in [0.5, 0.6) is 0 Å². The predicted octanol–water partition coefficient (Wildman–Crippen LogP) is 4.30. The van der Waals surface area contributed by atoms with Crippen molar-refractivity contribution in [2.24, 2.45) is 0 Å². The third kappa shape index (κ3) is 3.20. The van der Waals surface area contributed by atoms with E-state index in [2.05, 4.69) is 57.8 Å². The van der Waals surface area contributed by atoms with Gasteiger partial charge in [-0.15, -0.1) is 0 Å². The average molecular weight is 326 g/mol. The Kier molecular flexibility index (Phi) is 4.21. The summed E-state index contributed by atoms with van der Waals surface area (Å²) in [6.07, 6.45) is 0.